The number of likely N-dealkylation sites (tertiary alicyclic amines) is 1. The molecule has 2 aliphatic heterocycles. The van der Waals surface area contributed by atoms with Crippen LogP contribution in [0.1, 0.15) is 23.2 Å². The maximum absolute atomic E-state index is 13.2. The van der Waals surface area contributed by atoms with Crippen LogP contribution in [0, 0.1) is 5.82 Å². The Hall–Kier alpha value is -4.71. The smallest absolute Gasteiger partial charge is 0.254 e. The van der Waals surface area contributed by atoms with E-state index in [1.54, 1.807) is 24.3 Å². The van der Waals surface area contributed by atoms with Crippen molar-refractivity contribution in [3.63, 3.8) is 0 Å². The van der Waals surface area contributed by atoms with Gasteiger partial charge in [-0.25, -0.2) is 9.37 Å². The largest absolute Gasteiger partial charge is 0.494 e. The number of rotatable bonds is 10. The lowest BCUT2D eigenvalue weighted by atomic mass is 10.0. The molecule has 1 amide bonds. The number of aromatic nitrogens is 2. The van der Waals surface area contributed by atoms with Gasteiger partial charge in [0, 0.05) is 50.1 Å². The second kappa shape index (κ2) is 15.1. The fourth-order valence-corrected chi connectivity index (χ4v) is 5.13. The Morgan fingerprint density at radius 1 is 1.11 bits per heavy atom. The molecule has 0 atom stereocenters. The van der Waals surface area contributed by atoms with Crippen LogP contribution in [0.5, 0.6) is 11.6 Å². The Bertz CT molecular complexity index is 1420. The molecule has 234 valence electrons. The van der Waals surface area contributed by atoms with Gasteiger partial charge in [0.2, 0.25) is 11.8 Å². The zero-order valence-electron chi connectivity index (χ0n) is 25.6. The highest BCUT2D eigenvalue weighted by Gasteiger charge is 2.33. The third kappa shape index (κ3) is 8.01. The first-order valence-corrected chi connectivity index (χ1v) is 14.4. The average Bonchev–Trinajstić information content (AvgIpc) is 3.02. The molecule has 2 aromatic carbocycles. The lowest BCUT2D eigenvalue weighted by Gasteiger charge is -2.38. The second-order valence-corrected chi connectivity index (χ2v) is 10.7. The molecule has 2 N–H and O–H groups in total. The van der Waals surface area contributed by atoms with Crippen molar-refractivity contribution in [1.82, 2.24) is 19.8 Å². The van der Waals surface area contributed by atoms with E-state index in [2.05, 4.69) is 51.1 Å². The number of hydrogen-bond acceptors (Lipinski definition) is 10. The summed E-state index contributed by atoms with van der Waals surface area (Å²) in [5, 5.41) is 6.59. The number of piperidine rings is 1. The van der Waals surface area contributed by atoms with Gasteiger partial charge < -0.3 is 34.8 Å². The topological polar surface area (TPSA) is 112 Å². The van der Waals surface area contributed by atoms with Crippen LogP contribution in [0.2, 0.25) is 0 Å². The summed E-state index contributed by atoms with van der Waals surface area (Å²) in [6.07, 6.45) is 5.49. The summed E-state index contributed by atoms with van der Waals surface area (Å²) in [6, 6.07) is 11.9. The third-order valence-corrected chi connectivity index (χ3v) is 7.61. The molecular weight excluding hydrogens is 565 g/mol. The van der Waals surface area contributed by atoms with Crippen molar-refractivity contribution in [3.05, 3.63) is 72.7 Å². The molecule has 0 radical (unpaired) electrons. The van der Waals surface area contributed by atoms with E-state index in [1.807, 2.05) is 19.2 Å². The molecule has 2 fully saturated rings. The number of nitrogens with zero attached hydrogens (tertiary/aromatic N) is 5. The highest BCUT2D eigenvalue weighted by Crippen LogP contribution is 2.39. The van der Waals surface area contributed by atoms with Crippen LogP contribution in [0.25, 0.3) is 0 Å². The zero-order valence-corrected chi connectivity index (χ0v) is 25.6. The molecule has 3 aromatic rings. The van der Waals surface area contributed by atoms with E-state index in [0.29, 0.717) is 48.6 Å². The number of benzene rings is 2. The maximum atomic E-state index is 13.2. The molecule has 0 saturated carbocycles. The number of halogens is 1. The summed E-state index contributed by atoms with van der Waals surface area (Å²) in [4.78, 5) is 36.8. The number of methoxy groups -OCH3 is 1. The third-order valence-electron chi connectivity index (χ3n) is 7.61. The minimum atomic E-state index is -0.370. The van der Waals surface area contributed by atoms with Gasteiger partial charge in [0.25, 0.3) is 5.91 Å². The van der Waals surface area contributed by atoms with E-state index >= 15 is 0 Å². The summed E-state index contributed by atoms with van der Waals surface area (Å²) in [6.45, 7) is 5.92. The molecule has 0 spiro atoms. The van der Waals surface area contributed by atoms with Crippen LogP contribution in [-0.2, 0) is 4.79 Å². The van der Waals surface area contributed by atoms with E-state index in [4.69, 9.17) is 14.3 Å². The number of anilines is 4. The van der Waals surface area contributed by atoms with Gasteiger partial charge in [-0.15, -0.1) is 0 Å². The van der Waals surface area contributed by atoms with E-state index < -0.39 is 0 Å². The summed E-state index contributed by atoms with van der Waals surface area (Å²) in [5.41, 5.74) is 3.27. The van der Waals surface area contributed by atoms with E-state index in [1.165, 1.54) is 30.3 Å². The van der Waals surface area contributed by atoms with Crippen molar-refractivity contribution in [2.45, 2.75) is 25.0 Å². The van der Waals surface area contributed by atoms with Crippen molar-refractivity contribution in [2.24, 2.45) is 0 Å². The van der Waals surface area contributed by atoms with Crippen molar-refractivity contribution < 1.29 is 23.5 Å². The van der Waals surface area contributed by atoms with Crippen LogP contribution in [0.15, 0.2) is 61.3 Å². The van der Waals surface area contributed by atoms with E-state index in [9.17, 15) is 9.18 Å². The molecule has 5 rings (SSSR count). The monoisotopic (exact) mass is 605 g/mol. The molecule has 12 heteroatoms. The molecule has 1 aromatic heterocycles. The lowest BCUT2D eigenvalue weighted by Crippen LogP contribution is -2.56. The van der Waals surface area contributed by atoms with Gasteiger partial charge in [0.05, 0.1) is 37.3 Å². The molecule has 0 aliphatic carbocycles. The molecule has 0 bridgehead atoms. The number of ether oxygens (including phenoxy) is 2. The van der Waals surface area contributed by atoms with E-state index in [-0.39, 0.29) is 17.8 Å². The second-order valence-electron chi connectivity index (χ2n) is 10.7. The highest BCUT2D eigenvalue weighted by atomic mass is 19.1. The van der Waals surface area contributed by atoms with Crippen molar-refractivity contribution in [1.29, 1.82) is 0 Å². The molecule has 2 saturated heterocycles. The summed E-state index contributed by atoms with van der Waals surface area (Å²) < 4.78 is 24.9. The first-order valence-electron chi connectivity index (χ1n) is 14.4. The van der Waals surface area contributed by atoms with Crippen LogP contribution in [0.4, 0.5) is 27.4 Å². The number of carbonyl (C=O) groups is 2. The number of carbonyl (C=O) groups excluding carboxylic acids is 2. The highest BCUT2D eigenvalue weighted by molar-refractivity contribution is 5.94. The Balaban J connectivity index is 0.00000104. The Labute approximate surface area is 257 Å². The molecule has 3 heterocycles. The first kappa shape index (κ1) is 32.2. The predicted molar refractivity (Wildman–Crippen MR) is 170 cm³/mol. The fourth-order valence-electron chi connectivity index (χ4n) is 5.13. The minimum absolute atomic E-state index is 0.150. The summed E-state index contributed by atoms with van der Waals surface area (Å²) in [7, 11) is 7.85. The molecular formula is C32H40FN7O4. The number of nitrogens with one attached hydrogen (secondary N) is 2. The summed E-state index contributed by atoms with van der Waals surface area (Å²) >= 11 is 0. The molecule has 2 aliphatic rings. The van der Waals surface area contributed by atoms with Crippen LogP contribution >= 0.6 is 0 Å². The number of aldehydes is 1. The lowest BCUT2D eigenvalue weighted by molar-refractivity contribution is -0.104. The molecule has 44 heavy (non-hydrogen) atoms. The molecule has 11 nitrogen and oxygen atoms in total. The van der Waals surface area contributed by atoms with Crippen LogP contribution in [-0.4, -0.2) is 98.5 Å². The normalized spacial score (nSPS) is 15.0. The number of amides is 1. The molecule has 0 unspecified atom stereocenters. The van der Waals surface area contributed by atoms with Crippen LogP contribution in [0.3, 0.4) is 0 Å². The fraction of sp³-hybridized carbons (Fsp3) is 0.375. The van der Waals surface area contributed by atoms with Crippen molar-refractivity contribution in [3.8, 4) is 11.6 Å². The van der Waals surface area contributed by atoms with Gasteiger partial charge >= 0.3 is 0 Å². The SMILES string of the molecule is C=CC=O.CNc1cc(Nc2nccc(OC3CN(C(=O)c4ccc(F)cc4)C3)n2)c(OC)cc1N1CCC(N(C)C)CC1. The van der Waals surface area contributed by atoms with Gasteiger partial charge in [-0.05, 0) is 63.3 Å². The summed E-state index contributed by atoms with van der Waals surface area (Å²) in [5.74, 6) is 0.946. The standard InChI is InChI=1S/C29H36FN7O3.C3H4O/c1-31-23-15-24(26(39-4)16-25(23)36-13-10-21(11-14-36)35(2)3)33-29-32-12-9-27(34-29)40-22-17-37(18-22)28(38)19-5-7-20(30)8-6-19;1-2-3-4/h5-9,12,15-16,21-22,31H,10-11,13-14,17-18H2,1-4H3,(H,32,33,34);2-3H,1H2. The van der Waals surface area contributed by atoms with E-state index in [0.717, 1.165) is 43.0 Å². The number of allylic oxidation sites excluding steroid dienone is 1. The average molecular weight is 606 g/mol. The van der Waals surface area contributed by atoms with Gasteiger partial charge in [-0.1, -0.05) is 6.58 Å². The van der Waals surface area contributed by atoms with Gasteiger partial charge in [-0.2, -0.15) is 4.98 Å². The Morgan fingerprint density at radius 2 is 1.80 bits per heavy atom. The minimum Gasteiger partial charge on any atom is -0.494 e. The first-order chi connectivity index (χ1) is 21.3. The Morgan fingerprint density at radius 3 is 2.39 bits per heavy atom. The van der Waals surface area contributed by atoms with Crippen LogP contribution < -0.4 is 25.0 Å². The maximum Gasteiger partial charge on any atom is 0.254 e. The van der Waals surface area contributed by atoms with Gasteiger partial charge in [0.15, 0.2) is 0 Å². The van der Waals surface area contributed by atoms with Gasteiger partial charge in [0.1, 0.15) is 24.0 Å². The van der Waals surface area contributed by atoms with Crippen molar-refractivity contribution >= 4 is 35.2 Å². The number of hydrogen-bond donors (Lipinski definition) is 2. The Kier molecular flexibility index (Phi) is 11.1. The predicted octanol–water partition coefficient (Wildman–Crippen LogP) is 4.21. The van der Waals surface area contributed by atoms with Crippen molar-refractivity contribution in [2.75, 3.05) is 70.0 Å². The zero-order chi connectivity index (χ0) is 31.6. The van der Waals surface area contributed by atoms with Gasteiger partial charge in [-0.3, -0.25) is 9.59 Å². The quantitative estimate of drug-likeness (QED) is 0.257.